The minimum atomic E-state index is -0.459. The van der Waals surface area contributed by atoms with E-state index in [1.54, 1.807) is 14.0 Å². The number of allylic oxidation sites excluding steroid dienone is 3. The fourth-order valence-electron chi connectivity index (χ4n) is 4.69. The molecule has 2 aromatic rings. The molecule has 0 aromatic heterocycles. The number of ketones is 1. The second kappa shape index (κ2) is 10.2. The maximum Gasteiger partial charge on any atom is 0.336 e. The summed E-state index contributed by atoms with van der Waals surface area (Å²) >= 11 is 0. The molecule has 0 saturated carbocycles. The molecule has 1 aliphatic carbocycles. The summed E-state index contributed by atoms with van der Waals surface area (Å²) in [6.07, 6.45) is 3.21. The number of methoxy groups -OCH3 is 1. The third-order valence-electron chi connectivity index (χ3n) is 6.37. The van der Waals surface area contributed by atoms with Crippen LogP contribution in [0, 0.1) is 12.8 Å². The van der Waals surface area contributed by atoms with Gasteiger partial charge in [-0.05, 0) is 50.5 Å². The van der Waals surface area contributed by atoms with Crippen LogP contribution in [0.1, 0.15) is 49.3 Å². The lowest BCUT2D eigenvalue weighted by atomic mass is 9.71. The lowest BCUT2D eigenvalue weighted by Crippen LogP contribution is -2.40. The minimum absolute atomic E-state index is 0.114. The summed E-state index contributed by atoms with van der Waals surface area (Å²) in [6.45, 7) is 6.35. The Bertz CT molecular complexity index is 1150. The Hall–Kier alpha value is -3.54. The van der Waals surface area contributed by atoms with E-state index in [1.807, 2.05) is 56.3 Å². The molecule has 6 nitrogen and oxygen atoms in total. The highest BCUT2D eigenvalue weighted by Gasteiger charge is 2.43. The smallest absolute Gasteiger partial charge is 0.336 e. The topological polar surface area (TPSA) is 73.9 Å². The monoisotopic (exact) mass is 461 g/mol. The van der Waals surface area contributed by atoms with E-state index in [2.05, 4.69) is 11.4 Å². The molecule has 0 fully saturated rings. The van der Waals surface area contributed by atoms with Crippen molar-refractivity contribution in [2.75, 3.05) is 13.7 Å². The van der Waals surface area contributed by atoms with Crippen molar-refractivity contribution in [3.63, 3.8) is 0 Å². The van der Waals surface area contributed by atoms with Crippen molar-refractivity contribution in [3.8, 4) is 11.5 Å². The van der Waals surface area contributed by atoms with Crippen LogP contribution in [0.25, 0.3) is 0 Å². The van der Waals surface area contributed by atoms with E-state index in [9.17, 15) is 9.59 Å². The Kier molecular flexibility index (Phi) is 7.06. The van der Waals surface area contributed by atoms with Gasteiger partial charge in [0.05, 0.1) is 25.2 Å². The molecule has 6 heteroatoms. The number of benzene rings is 2. The summed E-state index contributed by atoms with van der Waals surface area (Å²) in [5, 5.41) is 3.28. The molecule has 1 heterocycles. The fourth-order valence-corrected chi connectivity index (χ4v) is 4.69. The number of aryl methyl sites for hydroxylation is 1. The second-order valence-corrected chi connectivity index (χ2v) is 8.69. The average Bonchev–Trinajstić information content (AvgIpc) is 2.83. The Morgan fingerprint density at radius 2 is 1.82 bits per heavy atom. The van der Waals surface area contributed by atoms with Gasteiger partial charge in [0.1, 0.15) is 12.4 Å². The van der Waals surface area contributed by atoms with Gasteiger partial charge in [-0.3, -0.25) is 4.79 Å². The number of ether oxygens (including phenoxy) is 3. The van der Waals surface area contributed by atoms with Gasteiger partial charge >= 0.3 is 5.97 Å². The number of hydrogen-bond acceptors (Lipinski definition) is 6. The molecular formula is C28H31NO5. The maximum absolute atomic E-state index is 13.0. The van der Waals surface area contributed by atoms with Crippen LogP contribution >= 0.6 is 0 Å². The van der Waals surface area contributed by atoms with Gasteiger partial charge in [-0.2, -0.15) is 0 Å². The van der Waals surface area contributed by atoms with Crippen LogP contribution in [0.4, 0.5) is 0 Å². The number of esters is 1. The van der Waals surface area contributed by atoms with Crippen LogP contribution < -0.4 is 14.8 Å². The van der Waals surface area contributed by atoms with Gasteiger partial charge < -0.3 is 19.5 Å². The second-order valence-electron chi connectivity index (χ2n) is 8.69. The van der Waals surface area contributed by atoms with Crippen LogP contribution in [-0.4, -0.2) is 25.5 Å². The third kappa shape index (κ3) is 4.72. The van der Waals surface area contributed by atoms with E-state index in [4.69, 9.17) is 14.2 Å². The molecule has 0 amide bonds. The molecule has 1 aliphatic heterocycles. The van der Waals surface area contributed by atoms with Crippen molar-refractivity contribution in [3.05, 3.63) is 82.2 Å². The SMILES string of the molecule is CCOC(=O)C1=C(C)NC2=CCCC(=O)C2C1c1ccc(OCc2ccc(C)cc2)c(OC)c1. The molecule has 2 aliphatic rings. The molecule has 0 spiro atoms. The summed E-state index contributed by atoms with van der Waals surface area (Å²) in [5.74, 6) is -0.0560. The molecular weight excluding hydrogens is 430 g/mol. The predicted octanol–water partition coefficient (Wildman–Crippen LogP) is 4.97. The van der Waals surface area contributed by atoms with Crippen LogP contribution in [-0.2, 0) is 20.9 Å². The largest absolute Gasteiger partial charge is 0.493 e. The molecule has 0 bridgehead atoms. The molecule has 2 atom stereocenters. The zero-order valence-corrected chi connectivity index (χ0v) is 20.1. The average molecular weight is 462 g/mol. The van der Waals surface area contributed by atoms with E-state index < -0.39 is 17.8 Å². The van der Waals surface area contributed by atoms with E-state index in [1.165, 1.54) is 5.56 Å². The van der Waals surface area contributed by atoms with Crippen molar-refractivity contribution in [2.45, 2.75) is 46.1 Å². The van der Waals surface area contributed by atoms with Crippen molar-refractivity contribution >= 4 is 11.8 Å². The first kappa shape index (κ1) is 23.6. The summed E-state index contributed by atoms with van der Waals surface area (Å²) < 4.78 is 17.1. The minimum Gasteiger partial charge on any atom is -0.493 e. The highest BCUT2D eigenvalue weighted by Crippen LogP contribution is 2.45. The van der Waals surface area contributed by atoms with E-state index >= 15 is 0 Å². The van der Waals surface area contributed by atoms with Crippen LogP contribution in [0.3, 0.4) is 0 Å². The van der Waals surface area contributed by atoms with Crippen molar-refractivity contribution in [2.24, 2.45) is 5.92 Å². The first-order valence-electron chi connectivity index (χ1n) is 11.7. The summed E-state index contributed by atoms with van der Waals surface area (Å²) in [5.41, 5.74) is 5.11. The quantitative estimate of drug-likeness (QED) is 0.587. The fraction of sp³-hybridized carbons (Fsp3) is 0.357. The standard InChI is InChI=1S/C28H31NO5/c1-5-33-28(31)25-18(3)29-21-7-6-8-22(30)27(21)26(25)20-13-14-23(24(15-20)32-4)34-16-19-11-9-17(2)10-12-19/h7,9-15,26-27,29H,5-6,8,16H2,1-4H3. The van der Waals surface area contributed by atoms with E-state index in [0.717, 1.165) is 16.8 Å². The molecule has 2 unspecified atom stereocenters. The number of fused-ring (bicyclic) bond motifs is 1. The summed E-state index contributed by atoms with van der Waals surface area (Å²) in [4.78, 5) is 26.0. The number of carbonyl (C=O) groups excluding carboxylic acids is 2. The third-order valence-corrected chi connectivity index (χ3v) is 6.37. The molecule has 0 saturated heterocycles. The molecule has 34 heavy (non-hydrogen) atoms. The van der Waals surface area contributed by atoms with Gasteiger partial charge in [-0.25, -0.2) is 4.79 Å². The molecule has 178 valence electrons. The first-order valence-corrected chi connectivity index (χ1v) is 11.7. The normalized spacial score (nSPS) is 19.6. The first-order chi connectivity index (χ1) is 16.4. The number of carbonyl (C=O) groups is 2. The van der Waals surface area contributed by atoms with E-state index in [-0.39, 0.29) is 12.4 Å². The van der Waals surface area contributed by atoms with Gasteiger partial charge in [0.25, 0.3) is 0 Å². The summed E-state index contributed by atoms with van der Waals surface area (Å²) in [7, 11) is 1.59. The maximum atomic E-state index is 13.0. The van der Waals surface area contributed by atoms with Gasteiger partial charge in [0, 0.05) is 23.7 Å². The van der Waals surface area contributed by atoms with Crippen molar-refractivity contribution in [1.82, 2.24) is 5.32 Å². The lowest BCUT2D eigenvalue weighted by Gasteiger charge is -2.38. The lowest BCUT2D eigenvalue weighted by molar-refractivity contribution is -0.139. The van der Waals surface area contributed by atoms with Crippen LogP contribution in [0.15, 0.2) is 65.5 Å². The van der Waals surface area contributed by atoms with Gasteiger partial charge in [0.2, 0.25) is 0 Å². The molecule has 1 N–H and O–H groups in total. The molecule has 4 rings (SSSR count). The van der Waals surface area contributed by atoms with Gasteiger partial charge in [0.15, 0.2) is 11.5 Å². The Morgan fingerprint density at radius 3 is 2.53 bits per heavy atom. The van der Waals surface area contributed by atoms with Gasteiger partial charge in [-0.15, -0.1) is 0 Å². The van der Waals surface area contributed by atoms with Gasteiger partial charge in [-0.1, -0.05) is 42.0 Å². The number of hydrogen-bond donors (Lipinski definition) is 1. The highest BCUT2D eigenvalue weighted by atomic mass is 16.5. The summed E-state index contributed by atoms with van der Waals surface area (Å²) in [6, 6.07) is 13.8. The number of Topliss-reactive ketones (excluding diaryl/α,β-unsaturated/α-hetero) is 1. The Morgan fingerprint density at radius 1 is 1.06 bits per heavy atom. The predicted molar refractivity (Wildman–Crippen MR) is 130 cm³/mol. The molecule has 0 radical (unpaired) electrons. The Labute approximate surface area is 200 Å². The molecule has 2 aromatic carbocycles. The van der Waals surface area contributed by atoms with Crippen molar-refractivity contribution < 1.29 is 23.8 Å². The highest BCUT2D eigenvalue weighted by molar-refractivity contribution is 5.96. The zero-order chi connectivity index (χ0) is 24.2. The van der Waals surface area contributed by atoms with Crippen LogP contribution in [0.5, 0.6) is 11.5 Å². The number of nitrogens with one attached hydrogen (secondary N) is 1. The van der Waals surface area contributed by atoms with E-state index in [0.29, 0.717) is 42.2 Å². The zero-order valence-electron chi connectivity index (χ0n) is 20.1. The van der Waals surface area contributed by atoms with Crippen LogP contribution in [0.2, 0.25) is 0 Å². The number of rotatable bonds is 7. The Balaban J connectivity index is 1.70. The van der Waals surface area contributed by atoms with Crippen molar-refractivity contribution in [1.29, 1.82) is 0 Å².